The van der Waals surface area contributed by atoms with Crippen molar-refractivity contribution in [3.63, 3.8) is 0 Å². The summed E-state index contributed by atoms with van der Waals surface area (Å²) in [6.07, 6.45) is 1.31. The minimum atomic E-state index is 0.707. The monoisotopic (exact) mass is 252 g/mol. The Morgan fingerprint density at radius 2 is 2.21 bits per heavy atom. The molecule has 2 saturated heterocycles. The molecule has 2 bridgehead atoms. The van der Waals surface area contributed by atoms with Gasteiger partial charge in [0.25, 0.3) is 0 Å². The highest BCUT2D eigenvalue weighted by molar-refractivity contribution is 9.10. The molecule has 2 unspecified atom stereocenters. The Morgan fingerprint density at radius 1 is 1.36 bits per heavy atom. The molecule has 14 heavy (non-hydrogen) atoms. The lowest BCUT2D eigenvalue weighted by atomic mass is 10.2. The number of nitrogens with one attached hydrogen (secondary N) is 1. The Hall–Kier alpha value is -0.540. The fraction of sp³-hybridized carbons (Fsp3) is 0.455. The van der Waals surface area contributed by atoms with Gasteiger partial charge in [-0.3, -0.25) is 0 Å². The fourth-order valence-electron chi connectivity index (χ4n) is 2.54. The van der Waals surface area contributed by atoms with Gasteiger partial charge in [-0.05, 0) is 34.5 Å². The van der Waals surface area contributed by atoms with Crippen LogP contribution in [0.15, 0.2) is 28.7 Å². The molecule has 0 spiro atoms. The molecule has 2 aliphatic heterocycles. The van der Waals surface area contributed by atoms with E-state index in [4.69, 9.17) is 0 Å². The largest absolute Gasteiger partial charge is 0.365 e. The van der Waals surface area contributed by atoms with Crippen LogP contribution in [0, 0.1) is 0 Å². The van der Waals surface area contributed by atoms with Crippen molar-refractivity contribution < 1.29 is 0 Å². The fourth-order valence-corrected chi connectivity index (χ4v) is 3.05. The molecule has 2 fully saturated rings. The average Bonchev–Trinajstić information content (AvgIpc) is 2.79. The Bertz CT molecular complexity index is 353. The maximum absolute atomic E-state index is 3.62. The van der Waals surface area contributed by atoms with Crippen LogP contribution in [0.5, 0.6) is 0 Å². The van der Waals surface area contributed by atoms with E-state index in [1.807, 2.05) is 0 Å². The van der Waals surface area contributed by atoms with E-state index < -0.39 is 0 Å². The first-order chi connectivity index (χ1) is 6.84. The Kier molecular flexibility index (Phi) is 2.03. The van der Waals surface area contributed by atoms with Gasteiger partial charge < -0.3 is 10.2 Å². The molecule has 1 aromatic carbocycles. The van der Waals surface area contributed by atoms with Crippen LogP contribution < -0.4 is 10.2 Å². The van der Waals surface area contributed by atoms with Crippen molar-refractivity contribution in [3.05, 3.63) is 28.7 Å². The van der Waals surface area contributed by atoms with Gasteiger partial charge in [-0.2, -0.15) is 0 Å². The second kappa shape index (κ2) is 3.24. The van der Waals surface area contributed by atoms with Gasteiger partial charge >= 0.3 is 0 Å². The number of nitrogens with zero attached hydrogens (tertiary/aromatic N) is 1. The van der Waals surface area contributed by atoms with E-state index in [0.717, 1.165) is 13.1 Å². The third-order valence-corrected chi connectivity index (χ3v) is 3.89. The number of fused-ring (bicyclic) bond motifs is 2. The van der Waals surface area contributed by atoms with Crippen LogP contribution in [0.4, 0.5) is 5.69 Å². The molecule has 2 heterocycles. The van der Waals surface area contributed by atoms with Crippen LogP contribution in [-0.4, -0.2) is 25.2 Å². The minimum Gasteiger partial charge on any atom is -0.365 e. The average molecular weight is 253 g/mol. The summed E-state index contributed by atoms with van der Waals surface area (Å²) in [6.45, 7) is 2.30. The normalized spacial score (nSPS) is 29.9. The Morgan fingerprint density at radius 3 is 2.86 bits per heavy atom. The van der Waals surface area contributed by atoms with Gasteiger partial charge in [0.1, 0.15) is 0 Å². The maximum Gasteiger partial charge on any atom is 0.0514 e. The van der Waals surface area contributed by atoms with Crippen molar-refractivity contribution in [2.24, 2.45) is 0 Å². The van der Waals surface area contributed by atoms with Crippen molar-refractivity contribution in [2.45, 2.75) is 18.5 Å². The predicted octanol–water partition coefficient (Wildman–Crippen LogP) is 2.00. The van der Waals surface area contributed by atoms with Crippen molar-refractivity contribution in [1.29, 1.82) is 0 Å². The molecule has 2 aliphatic rings. The minimum absolute atomic E-state index is 0.707. The van der Waals surface area contributed by atoms with Crippen molar-refractivity contribution in [2.75, 3.05) is 18.0 Å². The molecule has 3 heteroatoms. The Balaban J connectivity index is 1.93. The molecule has 0 saturated carbocycles. The number of hydrogen-bond acceptors (Lipinski definition) is 2. The van der Waals surface area contributed by atoms with E-state index in [9.17, 15) is 0 Å². The highest BCUT2D eigenvalue weighted by Crippen LogP contribution is 2.33. The number of piperazine rings is 1. The van der Waals surface area contributed by atoms with E-state index in [0.29, 0.717) is 12.1 Å². The molecular weight excluding hydrogens is 240 g/mol. The topological polar surface area (TPSA) is 15.3 Å². The summed E-state index contributed by atoms with van der Waals surface area (Å²) in [7, 11) is 0. The van der Waals surface area contributed by atoms with E-state index >= 15 is 0 Å². The highest BCUT2D eigenvalue weighted by atomic mass is 79.9. The van der Waals surface area contributed by atoms with Gasteiger partial charge in [0.05, 0.1) is 5.69 Å². The first kappa shape index (κ1) is 8.74. The van der Waals surface area contributed by atoms with Gasteiger partial charge in [0.15, 0.2) is 0 Å². The highest BCUT2D eigenvalue weighted by Gasteiger charge is 2.37. The van der Waals surface area contributed by atoms with Gasteiger partial charge in [-0.15, -0.1) is 0 Å². The summed E-state index contributed by atoms with van der Waals surface area (Å²) < 4.78 is 1.22. The molecule has 0 radical (unpaired) electrons. The van der Waals surface area contributed by atoms with Crippen molar-refractivity contribution in [3.8, 4) is 0 Å². The standard InChI is InChI=1S/C11H13BrN2/c12-10-3-1-2-4-11(10)14-7-8-5-9(14)6-13-8/h1-4,8-9,13H,5-7H2. The summed E-state index contributed by atoms with van der Waals surface area (Å²) >= 11 is 3.62. The molecule has 3 rings (SSSR count). The Labute approximate surface area is 92.4 Å². The third-order valence-electron chi connectivity index (χ3n) is 3.22. The summed E-state index contributed by atoms with van der Waals surface area (Å²) in [5.74, 6) is 0. The summed E-state index contributed by atoms with van der Waals surface area (Å²) in [6, 6.07) is 9.92. The molecule has 2 nitrogen and oxygen atoms in total. The number of anilines is 1. The van der Waals surface area contributed by atoms with Gasteiger partial charge in [0.2, 0.25) is 0 Å². The van der Waals surface area contributed by atoms with Crippen LogP contribution in [0.3, 0.4) is 0 Å². The summed E-state index contributed by atoms with van der Waals surface area (Å²) in [4.78, 5) is 2.52. The van der Waals surface area contributed by atoms with Crippen LogP contribution in [0.1, 0.15) is 6.42 Å². The second-order valence-corrected chi connectivity index (χ2v) is 4.95. The van der Waals surface area contributed by atoms with E-state index in [1.165, 1.54) is 16.6 Å². The lowest BCUT2D eigenvalue weighted by Crippen LogP contribution is -2.43. The van der Waals surface area contributed by atoms with E-state index in [2.05, 4.69) is 50.4 Å². The van der Waals surface area contributed by atoms with Crippen LogP contribution in [0.2, 0.25) is 0 Å². The van der Waals surface area contributed by atoms with E-state index in [-0.39, 0.29) is 0 Å². The number of hydrogen-bond donors (Lipinski definition) is 1. The smallest absolute Gasteiger partial charge is 0.0514 e. The molecule has 0 aliphatic carbocycles. The molecule has 1 N–H and O–H groups in total. The second-order valence-electron chi connectivity index (χ2n) is 4.10. The van der Waals surface area contributed by atoms with Crippen molar-refractivity contribution >= 4 is 21.6 Å². The lowest BCUT2D eigenvalue weighted by molar-refractivity contribution is 0.579. The summed E-state index contributed by atoms with van der Waals surface area (Å²) in [5, 5.41) is 3.52. The van der Waals surface area contributed by atoms with Gasteiger partial charge in [0, 0.05) is 29.6 Å². The van der Waals surface area contributed by atoms with Crippen molar-refractivity contribution in [1.82, 2.24) is 5.32 Å². The molecule has 2 atom stereocenters. The predicted molar refractivity (Wildman–Crippen MR) is 61.7 cm³/mol. The van der Waals surface area contributed by atoms with Crippen LogP contribution in [0.25, 0.3) is 0 Å². The van der Waals surface area contributed by atoms with E-state index in [1.54, 1.807) is 0 Å². The lowest BCUT2D eigenvalue weighted by Gasteiger charge is -2.30. The van der Waals surface area contributed by atoms with Gasteiger partial charge in [-0.1, -0.05) is 12.1 Å². The first-order valence-corrected chi connectivity index (χ1v) is 5.88. The maximum atomic E-state index is 3.62. The van der Waals surface area contributed by atoms with Crippen LogP contribution in [-0.2, 0) is 0 Å². The number of benzene rings is 1. The third kappa shape index (κ3) is 1.27. The zero-order valence-corrected chi connectivity index (χ0v) is 9.50. The quantitative estimate of drug-likeness (QED) is 0.823. The number of para-hydroxylation sites is 1. The number of rotatable bonds is 1. The zero-order chi connectivity index (χ0) is 9.54. The SMILES string of the molecule is Brc1ccccc1N1CC2CC1CN2. The molecule has 0 amide bonds. The molecular formula is C11H13BrN2. The molecule has 1 aromatic rings. The molecule has 74 valence electrons. The van der Waals surface area contributed by atoms with Gasteiger partial charge in [-0.25, -0.2) is 0 Å². The number of halogens is 1. The first-order valence-electron chi connectivity index (χ1n) is 5.09. The molecule has 0 aromatic heterocycles. The summed E-state index contributed by atoms with van der Waals surface area (Å²) in [5.41, 5.74) is 1.35. The van der Waals surface area contributed by atoms with Crippen LogP contribution >= 0.6 is 15.9 Å². The zero-order valence-electron chi connectivity index (χ0n) is 7.91.